The van der Waals surface area contributed by atoms with Crippen molar-refractivity contribution in [2.24, 2.45) is 0 Å². The summed E-state index contributed by atoms with van der Waals surface area (Å²) < 4.78 is 6.46. The van der Waals surface area contributed by atoms with Gasteiger partial charge in [-0.15, -0.1) is 0 Å². The zero-order chi connectivity index (χ0) is 14.4. The Balaban J connectivity index is 1.99. The fourth-order valence-electron chi connectivity index (χ4n) is 3.42. The van der Waals surface area contributed by atoms with Gasteiger partial charge < -0.3 is 10.5 Å². The van der Waals surface area contributed by atoms with Gasteiger partial charge in [-0.1, -0.05) is 40.5 Å². The minimum atomic E-state index is -0.432. The second-order valence-corrected chi connectivity index (χ2v) is 6.80. The molecule has 2 unspecified atom stereocenters. The Morgan fingerprint density at radius 2 is 2.10 bits per heavy atom. The molecule has 2 aromatic rings. The third kappa shape index (κ3) is 1.87. The molecular weight excluding hydrogens is 330 g/mol. The third-order valence-corrected chi connectivity index (χ3v) is 5.64. The molecule has 21 heavy (non-hydrogen) atoms. The van der Waals surface area contributed by atoms with Gasteiger partial charge in [0.05, 0.1) is 10.5 Å². The molecule has 4 rings (SSSR count). The van der Waals surface area contributed by atoms with Crippen molar-refractivity contribution >= 4 is 21.9 Å². The molecule has 0 saturated heterocycles. The molecule has 1 fully saturated rings. The predicted octanol–water partition coefficient (Wildman–Crippen LogP) is 3.65. The number of anilines is 1. The van der Waals surface area contributed by atoms with E-state index >= 15 is 0 Å². The van der Waals surface area contributed by atoms with Gasteiger partial charge in [-0.25, -0.2) is 9.97 Å². The van der Waals surface area contributed by atoms with Crippen LogP contribution >= 0.6 is 15.9 Å². The largest absolute Gasteiger partial charge is 0.479 e. The van der Waals surface area contributed by atoms with Crippen LogP contribution in [0.15, 0.2) is 30.5 Å². The number of hydrogen-bond donors (Lipinski definition) is 1. The highest BCUT2D eigenvalue weighted by molar-refractivity contribution is 9.09. The summed E-state index contributed by atoms with van der Waals surface area (Å²) in [5.41, 5.74) is 8.42. The number of aromatic nitrogens is 2. The molecule has 1 spiro atoms. The second-order valence-electron chi connectivity index (χ2n) is 5.69. The van der Waals surface area contributed by atoms with Gasteiger partial charge in [0.2, 0.25) is 5.95 Å². The monoisotopic (exact) mass is 345 g/mol. The predicted molar refractivity (Wildman–Crippen MR) is 85.4 cm³/mol. The molecule has 5 heteroatoms. The number of halogens is 1. The van der Waals surface area contributed by atoms with Crippen LogP contribution in [-0.2, 0) is 5.60 Å². The maximum Gasteiger partial charge on any atom is 0.220 e. The number of alkyl halides is 1. The summed E-state index contributed by atoms with van der Waals surface area (Å²) in [5.74, 6) is 1.21. The highest BCUT2D eigenvalue weighted by Crippen LogP contribution is 2.52. The summed E-state index contributed by atoms with van der Waals surface area (Å²) in [4.78, 5) is 8.98. The van der Waals surface area contributed by atoms with Crippen LogP contribution in [0.25, 0.3) is 11.1 Å². The number of benzene rings is 1. The maximum absolute atomic E-state index is 6.46. The summed E-state index contributed by atoms with van der Waals surface area (Å²) >= 11 is 3.83. The van der Waals surface area contributed by atoms with E-state index in [1.54, 1.807) is 0 Å². The molecular formula is C16H16BrN3O. The van der Waals surface area contributed by atoms with E-state index in [-0.39, 0.29) is 4.83 Å². The Labute approximate surface area is 131 Å². The Bertz CT molecular complexity index is 706. The molecule has 0 radical (unpaired) electrons. The van der Waals surface area contributed by atoms with Gasteiger partial charge >= 0.3 is 0 Å². The van der Waals surface area contributed by atoms with Crippen LogP contribution in [-0.4, -0.2) is 14.8 Å². The molecule has 2 heterocycles. The zero-order valence-corrected chi connectivity index (χ0v) is 13.1. The van der Waals surface area contributed by atoms with E-state index < -0.39 is 5.60 Å². The fraction of sp³-hybridized carbons (Fsp3) is 0.375. The number of para-hydroxylation sites is 1. The molecule has 2 N–H and O–H groups in total. The zero-order valence-electron chi connectivity index (χ0n) is 11.6. The Hall–Kier alpha value is -1.62. The van der Waals surface area contributed by atoms with E-state index in [0.29, 0.717) is 5.95 Å². The van der Waals surface area contributed by atoms with Gasteiger partial charge in [-0.2, -0.15) is 0 Å². The molecule has 2 aliphatic rings. The lowest BCUT2D eigenvalue weighted by molar-refractivity contribution is 0.0287. The number of ether oxygens (including phenoxy) is 1. The standard InChI is InChI=1S/C16H16BrN3O/c17-13-7-3-4-8-16(13)14-11(9-19-15(18)20-14)10-5-1-2-6-12(10)21-16/h1-2,5-6,9,13H,3-4,7-8H2,(H2,18,19,20). The average molecular weight is 346 g/mol. The van der Waals surface area contributed by atoms with Gasteiger partial charge in [-0.3, -0.25) is 0 Å². The van der Waals surface area contributed by atoms with Crippen molar-refractivity contribution in [2.75, 3.05) is 5.73 Å². The number of rotatable bonds is 0. The SMILES string of the molecule is Nc1ncc2c(n1)C1(CCCCC1Br)Oc1ccccc1-2. The first kappa shape index (κ1) is 13.1. The maximum atomic E-state index is 6.46. The molecule has 0 bridgehead atoms. The molecule has 1 aliphatic carbocycles. The van der Waals surface area contributed by atoms with E-state index in [2.05, 4.69) is 25.9 Å². The topological polar surface area (TPSA) is 61.0 Å². The van der Waals surface area contributed by atoms with Crippen molar-refractivity contribution in [3.05, 3.63) is 36.2 Å². The smallest absolute Gasteiger partial charge is 0.220 e. The van der Waals surface area contributed by atoms with Crippen molar-refractivity contribution in [3.8, 4) is 16.9 Å². The number of nitrogen functional groups attached to an aromatic ring is 1. The summed E-state index contributed by atoms with van der Waals surface area (Å²) in [6.45, 7) is 0. The fourth-order valence-corrected chi connectivity index (χ4v) is 4.28. The second kappa shape index (κ2) is 4.70. The van der Waals surface area contributed by atoms with E-state index in [1.165, 1.54) is 6.42 Å². The van der Waals surface area contributed by atoms with E-state index in [4.69, 9.17) is 10.5 Å². The summed E-state index contributed by atoms with van der Waals surface area (Å²) in [7, 11) is 0. The molecule has 108 valence electrons. The molecule has 2 atom stereocenters. The lowest BCUT2D eigenvalue weighted by Gasteiger charge is -2.44. The summed E-state index contributed by atoms with van der Waals surface area (Å²) in [6.07, 6.45) is 6.19. The Morgan fingerprint density at radius 3 is 2.95 bits per heavy atom. The van der Waals surface area contributed by atoms with Gasteiger partial charge in [0.15, 0.2) is 5.60 Å². The summed E-state index contributed by atoms with van der Waals surface area (Å²) in [5, 5.41) is 0. The quantitative estimate of drug-likeness (QED) is 0.740. The normalized spacial score (nSPS) is 26.8. The van der Waals surface area contributed by atoms with Crippen LogP contribution in [0.4, 0.5) is 5.95 Å². The highest BCUT2D eigenvalue weighted by Gasteiger charge is 2.49. The molecule has 0 amide bonds. The Kier molecular flexibility index (Phi) is 2.92. The highest BCUT2D eigenvalue weighted by atomic mass is 79.9. The molecule has 1 aromatic carbocycles. The minimum absolute atomic E-state index is 0.236. The van der Waals surface area contributed by atoms with Crippen LogP contribution in [0.1, 0.15) is 31.4 Å². The van der Waals surface area contributed by atoms with Gasteiger partial charge in [0.1, 0.15) is 5.75 Å². The van der Waals surface area contributed by atoms with E-state index in [0.717, 1.165) is 41.8 Å². The number of fused-ring (bicyclic) bond motifs is 4. The van der Waals surface area contributed by atoms with Crippen LogP contribution in [0.5, 0.6) is 5.75 Å². The first-order chi connectivity index (χ1) is 10.2. The van der Waals surface area contributed by atoms with Crippen molar-refractivity contribution in [1.29, 1.82) is 0 Å². The van der Waals surface area contributed by atoms with Crippen molar-refractivity contribution in [1.82, 2.24) is 9.97 Å². The average Bonchev–Trinajstić information content (AvgIpc) is 2.50. The number of nitrogens with two attached hydrogens (primary N) is 1. The molecule has 1 aromatic heterocycles. The van der Waals surface area contributed by atoms with E-state index in [9.17, 15) is 0 Å². The molecule has 1 aliphatic heterocycles. The number of nitrogens with zero attached hydrogens (tertiary/aromatic N) is 2. The van der Waals surface area contributed by atoms with Gasteiger partial charge in [0.25, 0.3) is 0 Å². The molecule has 1 saturated carbocycles. The van der Waals surface area contributed by atoms with Crippen LogP contribution < -0.4 is 10.5 Å². The van der Waals surface area contributed by atoms with E-state index in [1.807, 2.05) is 30.5 Å². The molecule has 4 nitrogen and oxygen atoms in total. The van der Waals surface area contributed by atoms with Gasteiger partial charge in [0, 0.05) is 17.3 Å². The third-order valence-electron chi connectivity index (χ3n) is 4.44. The lowest BCUT2D eigenvalue weighted by atomic mass is 9.78. The minimum Gasteiger partial charge on any atom is -0.479 e. The first-order valence-electron chi connectivity index (χ1n) is 7.26. The Morgan fingerprint density at radius 1 is 1.24 bits per heavy atom. The van der Waals surface area contributed by atoms with Crippen LogP contribution in [0.2, 0.25) is 0 Å². The van der Waals surface area contributed by atoms with Crippen LogP contribution in [0, 0.1) is 0 Å². The number of hydrogen-bond acceptors (Lipinski definition) is 4. The van der Waals surface area contributed by atoms with Gasteiger partial charge in [-0.05, 0) is 25.3 Å². The summed E-state index contributed by atoms with van der Waals surface area (Å²) in [6, 6.07) is 8.08. The first-order valence-corrected chi connectivity index (χ1v) is 8.18. The van der Waals surface area contributed by atoms with Crippen LogP contribution in [0.3, 0.4) is 0 Å². The van der Waals surface area contributed by atoms with Crippen molar-refractivity contribution in [3.63, 3.8) is 0 Å². The van der Waals surface area contributed by atoms with Crippen molar-refractivity contribution in [2.45, 2.75) is 36.1 Å². The van der Waals surface area contributed by atoms with Crippen molar-refractivity contribution < 1.29 is 4.74 Å². The lowest BCUT2D eigenvalue weighted by Crippen LogP contribution is -2.47.